The van der Waals surface area contributed by atoms with Crippen LogP contribution in [0.1, 0.15) is 68.1 Å². The van der Waals surface area contributed by atoms with Crippen molar-refractivity contribution in [1.82, 2.24) is 10.2 Å². The van der Waals surface area contributed by atoms with Crippen molar-refractivity contribution in [3.05, 3.63) is 17.7 Å². The van der Waals surface area contributed by atoms with E-state index in [1.807, 2.05) is 4.90 Å². The summed E-state index contributed by atoms with van der Waals surface area (Å²) < 4.78 is 16.1. The molecule has 31 heavy (non-hydrogen) atoms. The number of benzene rings is 1. The fourth-order valence-corrected chi connectivity index (χ4v) is 4.70. The molecule has 2 fully saturated rings. The Labute approximate surface area is 185 Å². The minimum absolute atomic E-state index is 0.0550. The van der Waals surface area contributed by atoms with Crippen LogP contribution in [0.2, 0.25) is 0 Å². The highest BCUT2D eigenvalue weighted by Gasteiger charge is 2.27. The maximum Gasteiger partial charge on any atom is 0.254 e. The van der Waals surface area contributed by atoms with E-state index < -0.39 is 0 Å². The molecule has 1 N–H and O–H groups in total. The lowest BCUT2D eigenvalue weighted by Crippen LogP contribution is -2.41. The van der Waals surface area contributed by atoms with Crippen LogP contribution in [0, 0.1) is 5.92 Å². The number of methoxy groups -OCH3 is 3. The molecule has 2 aliphatic rings. The lowest BCUT2D eigenvalue weighted by atomic mass is 9.92. The normalized spacial score (nSPS) is 18.2. The van der Waals surface area contributed by atoms with Crippen LogP contribution in [-0.2, 0) is 4.79 Å². The molecule has 0 bridgehead atoms. The molecule has 0 atom stereocenters. The first-order valence-electron chi connectivity index (χ1n) is 11.4. The number of carbonyl (C=O) groups excluding carboxylic acids is 2. The predicted molar refractivity (Wildman–Crippen MR) is 119 cm³/mol. The molecule has 1 saturated carbocycles. The summed E-state index contributed by atoms with van der Waals surface area (Å²) in [4.78, 5) is 27.4. The minimum atomic E-state index is -0.0550. The summed E-state index contributed by atoms with van der Waals surface area (Å²) in [6.45, 7) is 1.30. The van der Waals surface area contributed by atoms with E-state index in [2.05, 4.69) is 5.32 Å². The molecule has 1 aromatic carbocycles. The number of nitrogens with one attached hydrogen (secondary N) is 1. The molecule has 1 aliphatic carbocycles. The number of likely N-dealkylation sites (tertiary alicyclic amines) is 1. The average Bonchev–Trinajstić information content (AvgIpc) is 3.06. The van der Waals surface area contributed by atoms with E-state index in [1.165, 1.54) is 39.9 Å². The lowest BCUT2D eigenvalue weighted by Gasteiger charge is -2.32. The molecular weight excluding hydrogens is 396 g/mol. The van der Waals surface area contributed by atoms with Gasteiger partial charge in [0.15, 0.2) is 11.5 Å². The molecule has 1 aliphatic heterocycles. The summed E-state index contributed by atoms with van der Waals surface area (Å²) in [6, 6.07) is 3.73. The van der Waals surface area contributed by atoms with Gasteiger partial charge in [-0.2, -0.15) is 0 Å². The van der Waals surface area contributed by atoms with E-state index in [4.69, 9.17) is 14.2 Å². The first kappa shape index (κ1) is 23.2. The zero-order valence-corrected chi connectivity index (χ0v) is 19.1. The van der Waals surface area contributed by atoms with Crippen LogP contribution in [0.15, 0.2) is 12.1 Å². The first-order chi connectivity index (χ1) is 15.0. The van der Waals surface area contributed by atoms with Gasteiger partial charge in [0.25, 0.3) is 5.91 Å². The fraction of sp³-hybridized carbons (Fsp3) is 0.667. The Morgan fingerprint density at radius 3 is 2.00 bits per heavy atom. The SMILES string of the molecule is COc1cc(C(=O)N2CCC(CC(=O)NC3CCCCCC3)CC2)cc(OC)c1OC. The molecular formula is C24H36N2O5. The minimum Gasteiger partial charge on any atom is -0.493 e. The Hall–Kier alpha value is -2.44. The van der Waals surface area contributed by atoms with Gasteiger partial charge in [0.05, 0.1) is 21.3 Å². The number of ether oxygens (including phenoxy) is 3. The van der Waals surface area contributed by atoms with E-state index >= 15 is 0 Å². The van der Waals surface area contributed by atoms with Gasteiger partial charge in [-0.05, 0) is 43.7 Å². The molecule has 2 amide bonds. The highest BCUT2D eigenvalue weighted by atomic mass is 16.5. The third kappa shape index (κ3) is 6.05. The lowest BCUT2D eigenvalue weighted by molar-refractivity contribution is -0.123. The standard InChI is InChI=1S/C24H36N2O5/c1-29-20-15-18(16-21(30-2)23(20)31-3)24(28)26-12-10-17(11-13-26)14-22(27)25-19-8-6-4-5-7-9-19/h15-17,19H,4-14H2,1-3H3,(H,25,27). The molecule has 7 nitrogen and oxygen atoms in total. The average molecular weight is 433 g/mol. The van der Waals surface area contributed by atoms with E-state index in [9.17, 15) is 9.59 Å². The number of hydrogen-bond acceptors (Lipinski definition) is 5. The number of rotatable bonds is 7. The molecule has 0 unspecified atom stereocenters. The van der Waals surface area contributed by atoms with E-state index in [0.29, 0.717) is 54.3 Å². The second-order valence-electron chi connectivity index (χ2n) is 8.61. The maximum absolute atomic E-state index is 13.1. The zero-order valence-electron chi connectivity index (χ0n) is 19.1. The summed E-state index contributed by atoms with van der Waals surface area (Å²) in [5.74, 6) is 1.85. The molecule has 172 valence electrons. The van der Waals surface area contributed by atoms with Gasteiger partial charge in [-0.15, -0.1) is 0 Å². The smallest absolute Gasteiger partial charge is 0.254 e. The largest absolute Gasteiger partial charge is 0.493 e. The van der Waals surface area contributed by atoms with Gasteiger partial charge in [-0.1, -0.05) is 25.7 Å². The van der Waals surface area contributed by atoms with Crippen molar-refractivity contribution in [2.45, 2.75) is 63.8 Å². The Bertz CT molecular complexity index is 725. The fourth-order valence-electron chi connectivity index (χ4n) is 4.70. The van der Waals surface area contributed by atoms with Crippen molar-refractivity contribution in [3.8, 4) is 17.2 Å². The molecule has 1 aromatic rings. The molecule has 1 saturated heterocycles. The number of nitrogens with zero attached hydrogens (tertiary/aromatic N) is 1. The van der Waals surface area contributed by atoms with Crippen LogP contribution < -0.4 is 19.5 Å². The molecule has 1 heterocycles. The topological polar surface area (TPSA) is 77.1 Å². The van der Waals surface area contributed by atoms with E-state index in [-0.39, 0.29) is 11.8 Å². The van der Waals surface area contributed by atoms with Crippen LogP contribution in [0.3, 0.4) is 0 Å². The quantitative estimate of drug-likeness (QED) is 0.664. The second-order valence-corrected chi connectivity index (χ2v) is 8.61. The Morgan fingerprint density at radius 1 is 0.903 bits per heavy atom. The third-order valence-electron chi connectivity index (χ3n) is 6.51. The van der Waals surface area contributed by atoms with Crippen LogP contribution in [-0.4, -0.2) is 57.2 Å². The number of amides is 2. The number of piperidine rings is 1. The third-order valence-corrected chi connectivity index (χ3v) is 6.51. The summed E-state index contributed by atoms with van der Waals surface area (Å²) in [6.07, 6.45) is 9.44. The highest BCUT2D eigenvalue weighted by molar-refractivity contribution is 5.95. The molecule has 3 rings (SSSR count). The highest BCUT2D eigenvalue weighted by Crippen LogP contribution is 2.38. The molecule has 7 heteroatoms. The zero-order chi connectivity index (χ0) is 22.2. The Morgan fingerprint density at radius 2 is 1.48 bits per heavy atom. The van der Waals surface area contributed by atoms with Crippen molar-refractivity contribution in [3.63, 3.8) is 0 Å². The summed E-state index contributed by atoms with van der Waals surface area (Å²) in [7, 11) is 4.62. The maximum atomic E-state index is 13.1. The monoisotopic (exact) mass is 432 g/mol. The Kier molecular flexibility index (Phi) is 8.43. The summed E-state index contributed by atoms with van der Waals surface area (Å²) in [5, 5.41) is 3.24. The Balaban J connectivity index is 1.53. The first-order valence-corrected chi connectivity index (χ1v) is 11.4. The van der Waals surface area contributed by atoms with Gasteiger partial charge in [0.1, 0.15) is 0 Å². The van der Waals surface area contributed by atoms with Crippen molar-refractivity contribution < 1.29 is 23.8 Å². The summed E-state index contributed by atoms with van der Waals surface area (Å²) >= 11 is 0. The van der Waals surface area contributed by atoms with Crippen LogP contribution in [0.4, 0.5) is 0 Å². The molecule has 0 spiro atoms. The van der Waals surface area contributed by atoms with Crippen molar-refractivity contribution in [2.24, 2.45) is 5.92 Å². The molecule has 0 radical (unpaired) electrons. The number of hydrogen-bond donors (Lipinski definition) is 1. The van der Waals surface area contributed by atoms with Gasteiger partial charge < -0.3 is 24.4 Å². The van der Waals surface area contributed by atoms with Crippen LogP contribution in [0.25, 0.3) is 0 Å². The van der Waals surface area contributed by atoms with Gasteiger partial charge in [-0.3, -0.25) is 9.59 Å². The number of carbonyl (C=O) groups is 2. The van der Waals surface area contributed by atoms with Gasteiger partial charge in [0, 0.05) is 31.1 Å². The van der Waals surface area contributed by atoms with E-state index in [0.717, 1.165) is 25.7 Å². The second kappa shape index (κ2) is 11.3. The van der Waals surface area contributed by atoms with Crippen molar-refractivity contribution in [2.75, 3.05) is 34.4 Å². The molecule has 0 aromatic heterocycles. The van der Waals surface area contributed by atoms with Gasteiger partial charge >= 0.3 is 0 Å². The van der Waals surface area contributed by atoms with Crippen LogP contribution in [0.5, 0.6) is 17.2 Å². The van der Waals surface area contributed by atoms with Crippen molar-refractivity contribution >= 4 is 11.8 Å². The van der Waals surface area contributed by atoms with Gasteiger partial charge in [0.2, 0.25) is 11.7 Å². The predicted octanol–water partition coefficient (Wildman–Crippen LogP) is 3.79. The summed E-state index contributed by atoms with van der Waals surface area (Å²) in [5.41, 5.74) is 0.513. The van der Waals surface area contributed by atoms with Gasteiger partial charge in [-0.25, -0.2) is 0 Å². The van der Waals surface area contributed by atoms with E-state index in [1.54, 1.807) is 19.2 Å². The van der Waals surface area contributed by atoms with Crippen molar-refractivity contribution in [1.29, 1.82) is 0 Å². The van der Waals surface area contributed by atoms with Crippen LogP contribution >= 0.6 is 0 Å².